The Morgan fingerprint density at radius 3 is 2.72 bits per heavy atom. The zero-order valence-electron chi connectivity index (χ0n) is 9.43. The van der Waals surface area contributed by atoms with E-state index in [2.05, 4.69) is 22.0 Å². The van der Waals surface area contributed by atoms with Crippen LogP contribution in [0, 0.1) is 5.82 Å². The number of nitrogens with two attached hydrogens (primary N) is 1. The van der Waals surface area contributed by atoms with E-state index in [4.69, 9.17) is 10.6 Å². The molecular formula is C12H11FN4O. The second-order valence-electron chi connectivity index (χ2n) is 3.43. The monoisotopic (exact) mass is 246 g/mol. The molecule has 2 aromatic rings. The average molecular weight is 246 g/mol. The van der Waals surface area contributed by atoms with E-state index in [1.54, 1.807) is 0 Å². The molecule has 1 heterocycles. The molecule has 0 amide bonds. The maximum atomic E-state index is 12.8. The van der Waals surface area contributed by atoms with Crippen LogP contribution in [0.4, 0.5) is 10.2 Å². The van der Waals surface area contributed by atoms with E-state index in [-0.39, 0.29) is 11.8 Å². The van der Waals surface area contributed by atoms with Crippen molar-refractivity contribution in [3.05, 3.63) is 54.5 Å². The molecule has 2 rings (SSSR count). The predicted octanol–water partition coefficient (Wildman–Crippen LogP) is 1.75. The van der Waals surface area contributed by atoms with Crippen molar-refractivity contribution in [1.82, 2.24) is 15.4 Å². The average Bonchev–Trinajstić information content (AvgIpc) is 2.41. The van der Waals surface area contributed by atoms with Gasteiger partial charge in [0.25, 0.3) is 0 Å². The molecule has 1 aromatic heterocycles. The van der Waals surface area contributed by atoms with Crippen LogP contribution in [-0.2, 0) is 0 Å². The number of rotatable bonds is 4. The minimum atomic E-state index is -0.691. The van der Waals surface area contributed by atoms with Crippen LogP contribution in [0.3, 0.4) is 0 Å². The number of aromatic nitrogens is 2. The van der Waals surface area contributed by atoms with Crippen molar-refractivity contribution >= 4 is 11.5 Å². The molecule has 0 saturated carbocycles. The van der Waals surface area contributed by atoms with E-state index < -0.39 is 5.82 Å². The lowest BCUT2D eigenvalue weighted by Crippen LogP contribution is -2.18. The van der Waals surface area contributed by atoms with Crippen LogP contribution in [0.5, 0.6) is 6.01 Å². The molecule has 92 valence electrons. The number of anilines is 1. The van der Waals surface area contributed by atoms with Gasteiger partial charge in [-0.2, -0.15) is 9.97 Å². The highest BCUT2D eigenvalue weighted by Crippen LogP contribution is 2.11. The van der Waals surface area contributed by atoms with Crippen molar-refractivity contribution in [2.45, 2.75) is 0 Å². The molecule has 18 heavy (non-hydrogen) atoms. The summed E-state index contributed by atoms with van der Waals surface area (Å²) in [6.45, 7) is 3.78. The SMILES string of the molecule is C=C(NOc1ncc(F)c(N)n1)c1ccccc1. The summed E-state index contributed by atoms with van der Waals surface area (Å²) in [5.41, 5.74) is 9.23. The fraction of sp³-hybridized carbons (Fsp3) is 0. The van der Waals surface area contributed by atoms with Gasteiger partial charge in [-0.05, 0) is 0 Å². The van der Waals surface area contributed by atoms with Crippen molar-refractivity contribution in [3.63, 3.8) is 0 Å². The first-order chi connectivity index (χ1) is 8.66. The van der Waals surface area contributed by atoms with Crippen LogP contribution in [-0.4, -0.2) is 9.97 Å². The minimum Gasteiger partial charge on any atom is -0.381 e. The topological polar surface area (TPSA) is 73.1 Å². The zero-order chi connectivity index (χ0) is 13.0. The van der Waals surface area contributed by atoms with Gasteiger partial charge in [-0.1, -0.05) is 36.9 Å². The van der Waals surface area contributed by atoms with Gasteiger partial charge in [-0.3, -0.25) is 0 Å². The van der Waals surface area contributed by atoms with E-state index in [0.29, 0.717) is 5.70 Å². The first-order valence-corrected chi connectivity index (χ1v) is 5.12. The van der Waals surface area contributed by atoms with E-state index in [1.165, 1.54) is 0 Å². The van der Waals surface area contributed by atoms with Crippen LogP contribution in [0.25, 0.3) is 5.70 Å². The normalized spacial score (nSPS) is 9.83. The molecule has 0 radical (unpaired) electrons. The Balaban J connectivity index is 1.99. The fourth-order valence-corrected chi connectivity index (χ4v) is 1.22. The summed E-state index contributed by atoms with van der Waals surface area (Å²) in [5, 5.41) is 0. The van der Waals surface area contributed by atoms with Crippen LogP contribution in [0.2, 0.25) is 0 Å². The van der Waals surface area contributed by atoms with Gasteiger partial charge < -0.3 is 10.6 Å². The number of nitrogen functional groups attached to an aromatic ring is 1. The Bertz CT molecular complexity index is 559. The second kappa shape index (κ2) is 5.13. The molecule has 0 saturated heterocycles. The third kappa shape index (κ3) is 2.73. The third-order valence-electron chi connectivity index (χ3n) is 2.14. The number of nitrogens with one attached hydrogen (secondary N) is 1. The molecule has 0 spiro atoms. The van der Waals surface area contributed by atoms with Crippen molar-refractivity contribution in [2.24, 2.45) is 0 Å². The Morgan fingerprint density at radius 2 is 2.06 bits per heavy atom. The second-order valence-corrected chi connectivity index (χ2v) is 3.43. The van der Waals surface area contributed by atoms with Gasteiger partial charge in [0, 0.05) is 5.56 Å². The maximum Gasteiger partial charge on any atom is 0.344 e. The van der Waals surface area contributed by atoms with Crippen LogP contribution in [0.15, 0.2) is 43.1 Å². The molecule has 0 fully saturated rings. The molecular weight excluding hydrogens is 235 g/mol. The standard InChI is InChI=1S/C12H11FN4O/c1-8(9-5-3-2-4-6-9)17-18-12-15-7-10(13)11(14)16-12/h2-7,17H,1H2,(H2,14,15,16). The number of hydrogen-bond acceptors (Lipinski definition) is 5. The maximum absolute atomic E-state index is 12.8. The van der Waals surface area contributed by atoms with Gasteiger partial charge in [0.15, 0.2) is 11.6 Å². The van der Waals surface area contributed by atoms with Gasteiger partial charge >= 0.3 is 6.01 Å². The number of benzene rings is 1. The summed E-state index contributed by atoms with van der Waals surface area (Å²) in [5.74, 6) is -0.962. The van der Waals surface area contributed by atoms with E-state index in [9.17, 15) is 4.39 Å². The quantitative estimate of drug-likeness (QED) is 0.804. The van der Waals surface area contributed by atoms with Gasteiger partial charge in [0.2, 0.25) is 0 Å². The first kappa shape index (κ1) is 11.8. The lowest BCUT2D eigenvalue weighted by atomic mass is 10.2. The third-order valence-corrected chi connectivity index (χ3v) is 2.14. The Labute approximate surface area is 103 Å². The summed E-state index contributed by atoms with van der Waals surface area (Å²) in [6.07, 6.45) is 0.935. The fourth-order valence-electron chi connectivity index (χ4n) is 1.22. The molecule has 0 atom stereocenters. The summed E-state index contributed by atoms with van der Waals surface area (Å²) in [6, 6.07) is 9.27. The van der Waals surface area contributed by atoms with Crippen molar-refractivity contribution < 1.29 is 9.23 Å². The van der Waals surface area contributed by atoms with Gasteiger partial charge in [-0.15, -0.1) is 0 Å². The Morgan fingerprint density at radius 1 is 1.33 bits per heavy atom. The summed E-state index contributed by atoms with van der Waals surface area (Å²) >= 11 is 0. The highest BCUT2D eigenvalue weighted by molar-refractivity contribution is 5.60. The zero-order valence-corrected chi connectivity index (χ0v) is 9.43. The number of hydroxylamine groups is 1. The lowest BCUT2D eigenvalue weighted by Gasteiger charge is -2.09. The summed E-state index contributed by atoms with van der Waals surface area (Å²) in [4.78, 5) is 12.3. The summed E-state index contributed by atoms with van der Waals surface area (Å²) < 4.78 is 12.8. The van der Waals surface area contributed by atoms with Crippen molar-refractivity contribution in [3.8, 4) is 6.01 Å². The van der Waals surface area contributed by atoms with Gasteiger partial charge in [0.1, 0.15) is 0 Å². The molecule has 0 aliphatic rings. The minimum absolute atomic E-state index is 0.0778. The summed E-state index contributed by atoms with van der Waals surface area (Å²) in [7, 11) is 0. The molecule has 6 heteroatoms. The molecule has 0 aliphatic carbocycles. The predicted molar refractivity (Wildman–Crippen MR) is 65.6 cm³/mol. The molecule has 1 aromatic carbocycles. The van der Waals surface area contributed by atoms with Gasteiger partial charge in [0.05, 0.1) is 11.9 Å². The number of nitrogens with zero attached hydrogens (tertiary/aromatic N) is 2. The molecule has 0 aliphatic heterocycles. The van der Waals surface area contributed by atoms with E-state index >= 15 is 0 Å². The van der Waals surface area contributed by atoms with Crippen LogP contribution >= 0.6 is 0 Å². The van der Waals surface area contributed by atoms with E-state index in [1.807, 2.05) is 30.3 Å². The van der Waals surface area contributed by atoms with E-state index in [0.717, 1.165) is 11.8 Å². The van der Waals surface area contributed by atoms with Crippen molar-refractivity contribution in [1.29, 1.82) is 0 Å². The molecule has 5 nitrogen and oxygen atoms in total. The largest absolute Gasteiger partial charge is 0.381 e. The molecule has 0 unspecified atom stereocenters. The van der Waals surface area contributed by atoms with Crippen molar-refractivity contribution in [2.75, 3.05) is 5.73 Å². The smallest absolute Gasteiger partial charge is 0.344 e. The number of halogens is 1. The lowest BCUT2D eigenvalue weighted by molar-refractivity contribution is 0.230. The molecule has 0 bridgehead atoms. The molecule has 3 N–H and O–H groups in total. The Kier molecular flexibility index (Phi) is 3.38. The van der Waals surface area contributed by atoms with Crippen LogP contribution in [0.1, 0.15) is 5.56 Å². The number of hydrogen-bond donors (Lipinski definition) is 2. The first-order valence-electron chi connectivity index (χ1n) is 5.12. The highest BCUT2D eigenvalue weighted by atomic mass is 19.1. The Hall–Kier alpha value is -2.63. The van der Waals surface area contributed by atoms with Crippen LogP contribution < -0.4 is 16.1 Å². The highest BCUT2D eigenvalue weighted by Gasteiger charge is 2.05. The van der Waals surface area contributed by atoms with Gasteiger partial charge in [-0.25, -0.2) is 9.87 Å².